The van der Waals surface area contributed by atoms with Crippen LogP contribution in [0.2, 0.25) is 10.0 Å². The number of hydrogen-bond acceptors (Lipinski definition) is 4. The Morgan fingerprint density at radius 2 is 1.83 bits per heavy atom. The van der Waals surface area contributed by atoms with Crippen LogP contribution in [-0.4, -0.2) is 20.9 Å². The molecular weight excluding hydrogens is 489 g/mol. The van der Waals surface area contributed by atoms with Gasteiger partial charge in [0.15, 0.2) is 0 Å². The topological polar surface area (TPSA) is 67.5 Å². The first kappa shape index (κ1) is 20.6. The van der Waals surface area contributed by atoms with E-state index in [-0.39, 0.29) is 16.3 Å². The fraction of sp³-hybridized carbons (Fsp3) is 0.0455. The summed E-state index contributed by atoms with van der Waals surface area (Å²) in [6, 6.07) is 15.6. The number of aromatic nitrogens is 2. The number of hydrogen-bond donors (Lipinski definition) is 1. The third-order valence-electron chi connectivity index (χ3n) is 4.52. The van der Waals surface area contributed by atoms with Crippen molar-refractivity contribution < 1.29 is 5.11 Å². The number of aromatic hydroxyl groups is 1. The highest BCUT2D eigenvalue weighted by atomic mass is 79.9. The Balaban J connectivity index is 1.70. The summed E-state index contributed by atoms with van der Waals surface area (Å²) in [5, 5.41) is 11.1. The normalized spacial score (nSPS) is 11.5. The number of rotatable bonds is 3. The van der Waals surface area contributed by atoms with Gasteiger partial charge in [-0.15, -0.1) is 0 Å². The van der Waals surface area contributed by atoms with Gasteiger partial charge in [0.2, 0.25) is 0 Å². The molecule has 0 aliphatic rings. The van der Waals surface area contributed by atoms with Gasteiger partial charge >= 0.3 is 0 Å². The molecule has 5 nitrogen and oxygen atoms in total. The summed E-state index contributed by atoms with van der Waals surface area (Å²) < 4.78 is 2.38. The zero-order valence-electron chi connectivity index (χ0n) is 15.6. The van der Waals surface area contributed by atoms with Crippen LogP contribution in [0.5, 0.6) is 5.75 Å². The fourth-order valence-electron chi connectivity index (χ4n) is 3.09. The van der Waals surface area contributed by atoms with Crippen LogP contribution in [0.4, 0.5) is 5.69 Å². The largest absolute Gasteiger partial charge is 0.506 e. The first-order valence-corrected chi connectivity index (χ1v) is 10.4. The SMILES string of the molecule is Cc1nc2ccc(Br)cc2c(=O)n1-c1ccc(N=Cc2cc(Cl)cc(Cl)c2O)cc1. The van der Waals surface area contributed by atoms with E-state index in [0.29, 0.717) is 38.7 Å². The Kier molecular flexibility index (Phi) is 5.64. The summed E-state index contributed by atoms with van der Waals surface area (Å²) in [4.78, 5) is 21.9. The van der Waals surface area contributed by atoms with Crippen LogP contribution < -0.4 is 5.56 Å². The third-order valence-corrected chi connectivity index (χ3v) is 5.52. The zero-order chi connectivity index (χ0) is 21.4. The van der Waals surface area contributed by atoms with E-state index >= 15 is 0 Å². The van der Waals surface area contributed by atoms with Crippen molar-refractivity contribution >= 4 is 61.9 Å². The second kappa shape index (κ2) is 8.22. The Morgan fingerprint density at radius 3 is 2.57 bits per heavy atom. The van der Waals surface area contributed by atoms with Crippen molar-refractivity contribution in [3.8, 4) is 11.4 Å². The molecule has 0 saturated carbocycles. The molecule has 4 aromatic rings. The Hall–Kier alpha value is -2.67. The lowest BCUT2D eigenvalue weighted by molar-refractivity contribution is 0.475. The minimum absolute atomic E-state index is 0.0861. The van der Waals surface area contributed by atoms with E-state index in [1.165, 1.54) is 12.3 Å². The quantitative estimate of drug-likeness (QED) is 0.338. The Bertz CT molecular complexity index is 1370. The predicted octanol–water partition coefficient (Wildman–Crippen LogP) is 6.22. The van der Waals surface area contributed by atoms with Gasteiger partial charge in [-0.05, 0) is 61.5 Å². The molecule has 0 aliphatic heterocycles. The smallest absolute Gasteiger partial charge is 0.265 e. The van der Waals surface area contributed by atoms with Gasteiger partial charge in [-0.25, -0.2) is 4.98 Å². The second-order valence-corrected chi connectivity index (χ2v) is 8.32. The van der Waals surface area contributed by atoms with Crippen LogP contribution in [0.15, 0.2) is 68.9 Å². The molecule has 150 valence electrons. The van der Waals surface area contributed by atoms with Crippen LogP contribution in [0.3, 0.4) is 0 Å². The van der Waals surface area contributed by atoms with Gasteiger partial charge in [0.05, 0.1) is 27.3 Å². The lowest BCUT2D eigenvalue weighted by Gasteiger charge is -2.11. The van der Waals surface area contributed by atoms with E-state index in [1.807, 2.05) is 12.1 Å². The molecule has 1 aromatic heterocycles. The van der Waals surface area contributed by atoms with Crippen LogP contribution >= 0.6 is 39.1 Å². The van der Waals surface area contributed by atoms with Crippen LogP contribution in [0.25, 0.3) is 16.6 Å². The molecule has 0 atom stereocenters. The van der Waals surface area contributed by atoms with Gasteiger partial charge in [-0.1, -0.05) is 39.1 Å². The highest BCUT2D eigenvalue weighted by molar-refractivity contribution is 9.10. The maximum Gasteiger partial charge on any atom is 0.265 e. The molecule has 0 fully saturated rings. The molecule has 8 heteroatoms. The molecule has 0 spiro atoms. The Labute approximate surface area is 190 Å². The van der Waals surface area contributed by atoms with E-state index in [4.69, 9.17) is 23.2 Å². The van der Waals surface area contributed by atoms with Gasteiger partial charge in [-0.2, -0.15) is 0 Å². The Morgan fingerprint density at radius 1 is 1.10 bits per heavy atom. The molecular formula is C22H14BrCl2N3O2. The number of fused-ring (bicyclic) bond motifs is 1. The molecule has 1 N–H and O–H groups in total. The van der Waals surface area contributed by atoms with Crippen molar-refractivity contribution in [1.29, 1.82) is 0 Å². The van der Waals surface area contributed by atoms with Gasteiger partial charge in [0.25, 0.3) is 5.56 Å². The summed E-state index contributed by atoms with van der Waals surface area (Å²) >= 11 is 15.3. The van der Waals surface area contributed by atoms with E-state index < -0.39 is 0 Å². The first-order chi connectivity index (χ1) is 14.3. The van der Waals surface area contributed by atoms with E-state index in [2.05, 4.69) is 25.9 Å². The van der Waals surface area contributed by atoms with Gasteiger partial charge < -0.3 is 5.11 Å². The van der Waals surface area contributed by atoms with E-state index in [0.717, 1.165) is 4.47 Å². The first-order valence-electron chi connectivity index (χ1n) is 8.85. The number of phenolic OH excluding ortho intramolecular Hbond substituents is 1. The van der Waals surface area contributed by atoms with E-state index in [1.54, 1.807) is 47.9 Å². The zero-order valence-corrected chi connectivity index (χ0v) is 18.7. The van der Waals surface area contributed by atoms with Gasteiger partial charge in [0.1, 0.15) is 11.6 Å². The molecule has 0 radical (unpaired) electrons. The number of halogens is 3. The molecule has 0 unspecified atom stereocenters. The number of phenols is 1. The minimum atomic E-state index is -0.145. The number of nitrogens with zero attached hydrogens (tertiary/aromatic N) is 3. The standard InChI is InChI=1S/C22H14BrCl2N3O2/c1-12-27-20-7-2-14(23)9-18(20)22(30)28(12)17-5-3-16(4-6-17)26-11-13-8-15(24)10-19(25)21(13)29/h2-11,29H,1H3. The molecule has 4 rings (SSSR count). The fourth-order valence-corrected chi connectivity index (χ4v) is 3.96. The van der Waals surface area contributed by atoms with Crippen molar-refractivity contribution in [2.24, 2.45) is 4.99 Å². The van der Waals surface area contributed by atoms with Crippen molar-refractivity contribution in [3.05, 3.63) is 90.9 Å². The molecule has 3 aromatic carbocycles. The van der Waals surface area contributed by atoms with Crippen LogP contribution in [0, 0.1) is 6.92 Å². The highest BCUT2D eigenvalue weighted by Crippen LogP contribution is 2.30. The summed E-state index contributed by atoms with van der Waals surface area (Å²) in [6.07, 6.45) is 1.48. The van der Waals surface area contributed by atoms with E-state index in [9.17, 15) is 9.90 Å². The second-order valence-electron chi connectivity index (χ2n) is 6.56. The number of aryl methyl sites for hydroxylation is 1. The highest BCUT2D eigenvalue weighted by Gasteiger charge is 2.10. The third kappa shape index (κ3) is 3.99. The average molecular weight is 503 g/mol. The number of benzene rings is 3. The van der Waals surface area contributed by atoms with Gasteiger partial charge in [0, 0.05) is 21.3 Å². The van der Waals surface area contributed by atoms with Crippen LogP contribution in [0.1, 0.15) is 11.4 Å². The monoisotopic (exact) mass is 501 g/mol. The molecule has 0 aliphatic carbocycles. The predicted molar refractivity (Wildman–Crippen MR) is 125 cm³/mol. The average Bonchev–Trinajstić information content (AvgIpc) is 2.71. The minimum Gasteiger partial charge on any atom is -0.506 e. The molecule has 1 heterocycles. The molecule has 0 saturated heterocycles. The van der Waals surface area contributed by atoms with Crippen LogP contribution in [-0.2, 0) is 0 Å². The van der Waals surface area contributed by atoms with Gasteiger partial charge in [-0.3, -0.25) is 14.4 Å². The molecule has 30 heavy (non-hydrogen) atoms. The van der Waals surface area contributed by atoms with Crippen molar-refractivity contribution in [1.82, 2.24) is 9.55 Å². The molecule has 0 amide bonds. The molecule has 0 bridgehead atoms. The number of aliphatic imine (C=N–C) groups is 1. The van der Waals surface area contributed by atoms with Crippen molar-refractivity contribution in [2.75, 3.05) is 0 Å². The maximum atomic E-state index is 13.0. The summed E-state index contributed by atoms with van der Waals surface area (Å²) in [6.45, 7) is 1.79. The summed E-state index contributed by atoms with van der Waals surface area (Å²) in [7, 11) is 0. The lowest BCUT2D eigenvalue weighted by atomic mass is 10.2. The summed E-state index contributed by atoms with van der Waals surface area (Å²) in [5.74, 6) is 0.501. The van der Waals surface area contributed by atoms with Crippen molar-refractivity contribution in [3.63, 3.8) is 0 Å². The lowest BCUT2D eigenvalue weighted by Crippen LogP contribution is -2.22. The van der Waals surface area contributed by atoms with Crippen molar-refractivity contribution in [2.45, 2.75) is 6.92 Å². The maximum absolute atomic E-state index is 13.0. The summed E-state index contributed by atoms with van der Waals surface area (Å²) in [5.41, 5.74) is 2.23.